The molecule has 1 heterocycles. The van der Waals surface area contributed by atoms with E-state index in [1.165, 1.54) is 14.0 Å². The number of carbonyl (C=O) groups is 2. The van der Waals surface area contributed by atoms with Crippen LogP contribution in [-0.2, 0) is 4.74 Å². The number of rotatable bonds is 2. The SMILES string of the molecule is COC(=O)c1c(C(C)=O)nnc2ccc(Br)cc12. The maximum Gasteiger partial charge on any atom is 0.340 e. The molecule has 0 amide bonds. The van der Waals surface area contributed by atoms with Gasteiger partial charge < -0.3 is 4.74 Å². The van der Waals surface area contributed by atoms with Gasteiger partial charge in [-0.05, 0) is 18.2 Å². The molecule has 0 aliphatic heterocycles. The van der Waals surface area contributed by atoms with Gasteiger partial charge in [-0.3, -0.25) is 4.79 Å². The third-order valence-corrected chi connectivity index (χ3v) is 2.94. The van der Waals surface area contributed by atoms with E-state index >= 15 is 0 Å². The molecule has 1 aromatic heterocycles. The molecule has 0 N–H and O–H groups in total. The number of hydrogen-bond donors (Lipinski definition) is 0. The van der Waals surface area contributed by atoms with Gasteiger partial charge in [-0.15, -0.1) is 10.2 Å². The van der Waals surface area contributed by atoms with Crippen LogP contribution in [0.15, 0.2) is 22.7 Å². The molecule has 0 aliphatic carbocycles. The second-order valence-corrected chi connectivity index (χ2v) is 4.55. The Morgan fingerprint density at radius 2 is 2.00 bits per heavy atom. The van der Waals surface area contributed by atoms with Gasteiger partial charge in [0.2, 0.25) is 0 Å². The van der Waals surface area contributed by atoms with Crippen molar-refractivity contribution >= 4 is 38.6 Å². The molecule has 2 rings (SSSR count). The van der Waals surface area contributed by atoms with Crippen LogP contribution in [0.4, 0.5) is 0 Å². The Labute approximate surface area is 111 Å². The maximum absolute atomic E-state index is 11.8. The van der Waals surface area contributed by atoms with Crippen LogP contribution in [0.1, 0.15) is 27.8 Å². The lowest BCUT2D eigenvalue weighted by Gasteiger charge is -2.07. The molecule has 18 heavy (non-hydrogen) atoms. The van der Waals surface area contributed by atoms with Crippen LogP contribution in [0.25, 0.3) is 10.9 Å². The Balaban J connectivity index is 2.87. The van der Waals surface area contributed by atoms with Gasteiger partial charge in [-0.2, -0.15) is 0 Å². The monoisotopic (exact) mass is 308 g/mol. The standard InChI is InChI=1S/C12H9BrN2O3/c1-6(16)11-10(12(17)18-2)8-5-7(13)3-4-9(8)14-15-11/h3-5H,1-2H3. The minimum Gasteiger partial charge on any atom is -0.465 e. The third kappa shape index (κ3) is 2.11. The zero-order valence-corrected chi connectivity index (χ0v) is 11.3. The normalized spacial score (nSPS) is 10.4. The lowest BCUT2D eigenvalue weighted by Crippen LogP contribution is -2.13. The Kier molecular flexibility index (Phi) is 3.38. The highest BCUT2D eigenvalue weighted by molar-refractivity contribution is 9.10. The molecular formula is C12H9BrN2O3. The molecule has 0 bridgehead atoms. The number of aromatic nitrogens is 2. The Bertz CT molecular complexity index is 655. The van der Waals surface area contributed by atoms with Crippen molar-refractivity contribution in [2.24, 2.45) is 0 Å². The summed E-state index contributed by atoms with van der Waals surface area (Å²) in [6, 6.07) is 5.21. The highest BCUT2D eigenvalue weighted by atomic mass is 79.9. The van der Waals surface area contributed by atoms with Crippen molar-refractivity contribution in [2.75, 3.05) is 7.11 Å². The fraction of sp³-hybridized carbons (Fsp3) is 0.167. The smallest absolute Gasteiger partial charge is 0.340 e. The van der Waals surface area contributed by atoms with Crippen LogP contribution >= 0.6 is 15.9 Å². The van der Waals surface area contributed by atoms with Gasteiger partial charge in [0.25, 0.3) is 0 Å². The molecule has 0 radical (unpaired) electrons. The summed E-state index contributed by atoms with van der Waals surface area (Å²) in [6.07, 6.45) is 0. The van der Waals surface area contributed by atoms with Gasteiger partial charge >= 0.3 is 5.97 Å². The van der Waals surface area contributed by atoms with E-state index in [1.54, 1.807) is 18.2 Å². The van der Waals surface area contributed by atoms with Gasteiger partial charge in [0.15, 0.2) is 5.78 Å². The van der Waals surface area contributed by atoms with E-state index in [2.05, 4.69) is 26.1 Å². The topological polar surface area (TPSA) is 69.2 Å². The molecular weight excluding hydrogens is 300 g/mol. The summed E-state index contributed by atoms with van der Waals surface area (Å²) in [4.78, 5) is 23.3. The number of benzene rings is 1. The summed E-state index contributed by atoms with van der Waals surface area (Å²) in [5.41, 5.74) is 0.701. The first-order valence-corrected chi connectivity index (χ1v) is 5.89. The van der Waals surface area contributed by atoms with Crippen LogP contribution in [0.2, 0.25) is 0 Å². The van der Waals surface area contributed by atoms with Crippen LogP contribution in [0, 0.1) is 0 Å². The molecule has 5 nitrogen and oxygen atoms in total. The fourth-order valence-electron chi connectivity index (χ4n) is 1.63. The third-order valence-electron chi connectivity index (χ3n) is 2.45. The summed E-state index contributed by atoms with van der Waals surface area (Å²) in [5.74, 6) is -0.928. The maximum atomic E-state index is 11.8. The predicted molar refractivity (Wildman–Crippen MR) is 68.6 cm³/mol. The summed E-state index contributed by atoms with van der Waals surface area (Å²) in [7, 11) is 1.26. The largest absolute Gasteiger partial charge is 0.465 e. The van der Waals surface area contributed by atoms with Gasteiger partial charge in [0.1, 0.15) is 11.3 Å². The highest BCUT2D eigenvalue weighted by Crippen LogP contribution is 2.24. The van der Waals surface area contributed by atoms with Gasteiger partial charge in [0.05, 0.1) is 12.6 Å². The molecule has 0 aliphatic rings. The van der Waals surface area contributed by atoms with Crippen molar-refractivity contribution in [3.05, 3.63) is 33.9 Å². The molecule has 0 atom stereocenters. The van der Waals surface area contributed by atoms with E-state index in [1.807, 2.05) is 0 Å². The Morgan fingerprint density at radius 1 is 1.28 bits per heavy atom. The molecule has 0 unspecified atom stereocenters. The molecule has 1 aromatic carbocycles. The van der Waals surface area contributed by atoms with E-state index in [0.29, 0.717) is 10.9 Å². The summed E-state index contributed by atoms with van der Waals surface area (Å²) in [6.45, 7) is 1.33. The minimum absolute atomic E-state index is 0.0208. The zero-order chi connectivity index (χ0) is 13.3. The molecule has 2 aromatic rings. The molecule has 0 saturated carbocycles. The van der Waals surface area contributed by atoms with Crippen molar-refractivity contribution in [2.45, 2.75) is 6.92 Å². The first-order chi connectivity index (χ1) is 8.54. The number of esters is 1. The fourth-order valence-corrected chi connectivity index (χ4v) is 1.99. The second kappa shape index (κ2) is 4.81. The van der Waals surface area contributed by atoms with E-state index in [0.717, 1.165) is 4.47 Å². The van der Waals surface area contributed by atoms with Crippen LogP contribution < -0.4 is 0 Å². The molecule has 0 saturated heterocycles. The van der Waals surface area contributed by atoms with E-state index in [9.17, 15) is 9.59 Å². The van der Waals surface area contributed by atoms with Crippen molar-refractivity contribution in [3.63, 3.8) is 0 Å². The van der Waals surface area contributed by atoms with Crippen molar-refractivity contribution in [3.8, 4) is 0 Å². The van der Waals surface area contributed by atoms with Gasteiger partial charge in [-0.25, -0.2) is 4.79 Å². The van der Waals surface area contributed by atoms with Crippen LogP contribution in [-0.4, -0.2) is 29.1 Å². The molecule has 6 heteroatoms. The van der Waals surface area contributed by atoms with Crippen molar-refractivity contribution < 1.29 is 14.3 Å². The van der Waals surface area contributed by atoms with E-state index in [4.69, 9.17) is 4.74 Å². The van der Waals surface area contributed by atoms with Gasteiger partial charge in [0, 0.05) is 16.8 Å². The first-order valence-electron chi connectivity index (χ1n) is 5.09. The quantitative estimate of drug-likeness (QED) is 0.629. The predicted octanol–water partition coefficient (Wildman–Crippen LogP) is 2.38. The lowest BCUT2D eigenvalue weighted by molar-refractivity contribution is 0.0598. The average Bonchev–Trinajstić information content (AvgIpc) is 2.36. The number of ketones is 1. The molecule has 92 valence electrons. The van der Waals surface area contributed by atoms with Crippen molar-refractivity contribution in [1.29, 1.82) is 0 Å². The zero-order valence-electron chi connectivity index (χ0n) is 9.73. The summed E-state index contributed by atoms with van der Waals surface area (Å²) < 4.78 is 5.48. The number of fused-ring (bicyclic) bond motifs is 1. The van der Waals surface area contributed by atoms with Crippen molar-refractivity contribution in [1.82, 2.24) is 10.2 Å². The second-order valence-electron chi connectivity index (χ2n) is 3.63. The Hall–Kier alpha value is -1.82. The lowest BCUT2D eigenvalue weighted by atomic mass is 10.1. The average molecular weight is 309 g/mol. The number of carbonyl (C=O) groups excluding carboxylic acids is 2. The minimum atomic E-state index is -0.599. The Morgan fingerprint density at radius 3 is 2.61 bits per heavy atom. The number of Topliss-reactive ketones (excluding diaryl/α,β-unsaturated/α-hetero) is 1. The van der Waals surface area contributed by atoms with E-state index in [-0.39, 0.29) is 17.0 Å². The number of ether oxygens (including phenoxy) is 1. The number of hydrogen-bond acceptors (Lipinski definition) is 5. The molecule has 0 spiro atoms. The first kappa shape index (κ1) is 12.6. The summed E-state index contributed by atoms with van der Waals surface area (Å²) >= 11 is 3.31. The number of methoxy groups -OCH3 is 1. The number of nitrogens with zero attached hydrogens (tertiary/aromatic N) is 2. The van der Waals surface area contributed by atoms with E-state index < -0.39 is 5.97 Å². The molecule has 0 fully saturated rings. The summed E-state index contributed by atoms with van der Waals surface area (Å²) in [5, 5.41) is 8.25. The van der Waals surface area contributed by atoms with Crippen LogP contribution in [0.3, 0.4) is 0 Å². The highest BCUT2D eigenvalue weighted by Gasteiger charge is 2.21. The van der Waals surface area contributed by atoms with Crippen LogP contribution in [0.5, 0.6) is 0 Å². The number of halogens is 1. The van der Waals surface area contributed by atoms with Gasteiger partial charge in [-0.1, -0.05) is 15.9 Å².